The summed E-state index contributed by atoms with van der Waals surface area (Å²) in [7, 11) is 1.80. The Balaban J connectivity index is 1.61. The second kappa shape index (κ2) is 7.76. The summed E-state index contributed by atoms with van der Waals surface area (Å²) in [5.74, 6) is 0.0622. The summed E-state index contributed by atoms with van der Waals surface area (Å²) in [4.78, 5) is 22.6. The Morgan fingerprint density at radius 1 is 1.16 bits per heavy atom. The highest BCUT2D eigenvalue weighted by molar-refractivity contribution is 7.09. The molecular weight excluding hydrogens is 354 g/mol. The average molecular weight is 372 g/mol. The second-order valence-electron chi connectivity index (χ2n) is 5.86. The standard InChI is InChI=1S/C19H18ClN3OS/c1-13-22-17(12-25-13)16-6-3-14(4-7-16)9-19(24)23(2)11-15-5-8-18(20)21-10-15/h3-8,10,12H,9,11H2,1-2H3. The Morgan fingerprint density at radius 3 is 2.48 bits per heavy atom. The molecule has 6 heteroatoms. The van der Waals surface area contributed by atoms with Crippen LogP contribution in [0.5, 0.6) is 0 Å². The molecule has 128 valence electrons. The van der Waals surface area contributed by atoms with Crippen LogP contribution in [0.15, 0.2) is 48.0 Å². The molecule has 0 saturated carbocycles. The van der Waals surface area contributed by atoms with Crippen molar-refractivity contribution in [1.29, 1.82) is 0 Å². The normalized spacial score (nSPS) is 10.7. The van der Waals surface area contributed by atoms with Crippen molar-refractivity contribution in [2.45, 2.75) is 19.9 Å². The van der Waals surface area contributed by atoms with E-state index in [1.54, 1.807) is 35.5 Å². The predicted molar refractivity (Wildman–Crippen MR) is 102 cm³/mol. The Bertz CT molecular complexity index is 859. The minimum atomic E-state index is 0.0622. The van der Waals surface area contributed by atoms with E-state index >= 15 is 0 Å². The van der Waals surface area contributed by atoms with Gasteiger partial charge in [0, 0.05) is 30.7 Å². The molecule has 0 aliphatic heterocycles. The van der Waals surface area contributed by atoms with E-state index in [9.17, 15) is 4.79 Å². The topological polar surface area (TPSA) is 46.1 Å². The van der Waals surface area contributed by atoms with E-state index in [4.69, 9.17) is 11.6 Å². The Hall–Kier alpha value is -2.24. The molecule has 0 spiro atoms. The van der Waals surface area contributed by atoms with Crippen LogP contribution in [0.4, 0.5) is 0 Å². The molecule has 1 amide bonds. The lowest BCUT2D eigenvalue weighted by atomic mass is 10.1. The maximum atomic E-state index is 12.4. The Kier molecular flexibility index (Phi) is 5.46. The quantitative estimate of drug-likeness (QED) is 0.626. The van der Waals surface area contributed by atoms with E-state index < -0.39 is 0 Å². The molecule has 0 N–H and O–H groups in total. The summed E-state index contributed by atoms with van der Waals surface area (Å²) in [6, 6.07) is 11.6. The number of carbonyl (C=O) groups excluding carboxylic acids is 1. The molecule has 0 unspecified atom stereocenters. The van der Waals surface area contributed by atoms with Crippen LogP contribution in [0, 0.1) is 6.92 Å². The number of hydrogen-bond donors (Lipinski definition) is 0. The first-order chi connectivity index (χ1) is 12.0. The number of halogens is 1. The van der Waals surface area contributed by atoms with Gasteiger partial charge in [-0.1, -0.05) is 41.9 Å². The molecule has 0 radical (unpaired) electrons. The number of thiazole rings is 1. The number of rotatable bonds is 5. The van der Waals surface area contributed by atoms with Crippen molar-refractivity contribution in [2.24, 2.45) is 0 Å². The summed E-state index contributed by atoms with van der Waals surface area (Å²) < 4.78 is 0. The zero-order valence-electron chi connectivity index (χ0n) is 14.1. The first kappa shape index (κ1) is 17.6. The molecule has 2 aromatic heterocycles. The molecule has 0 fully saturated rings. The van der Waals surface area contributed by atoms with Gasteiger partial charge < -0.3 is 4.90 Å². The molecule has 0 bridgehead atoms. The predicted octanol–water partition coefficient (Wildman–Crippen LogP) is 4.37. The number of carbonyl (C=O) groups is 1. The summed E-state index contributed by atoms with van der Waals surface area (Å²) in [5.41, 5.74) is 3.99. The largest absolute Gasteiger partial charge is 0.341 e. The van der Waals surface area contributed by atoms with Gasteiger partial charge in [-0.05, 0) is 24.1 Å². The minimum Gasteiger partial charge on any atom is -0.341 e. The van der Waals surface area contributed by atoms with Crippen LogP contribution < -0.4 is 0 Å². The van der Waals surface area contributed by atoms with Crippen LogP contribution in [0.25, 0.3) is 11.3 Å². The second-order valence-corrected chi connectivity index (χ2v) is 7.31. The zero-order chi connectivity index (χ0) is 17.8. The molecular formula is C19H18ClN3OS. The van der Waals surface area contributed by atoms with E-state index in [1.165, 1.54) is 0 Å². The molecule has 25 heavy (non-hydrogen) atoms. The molecule has 1 aromatic carbocycles. The zero-order valence-corrected chi connectivity index (χ0v) is 15.6. The van der Waals surface area contributed by atoms with E-state index in [2.05, 4.69) is 9.97 Å². The average Bonchev–Trinajstić information content (AvgIpc) is 3.04. The molecule has 0 saturated heterocycles. The van der Waals surface area contributed by atoms with Crippen LogP contribution in [0.3, 0.4) is 0 Å². The van der Waals surface area contributed by atoms with Gasteiger partial charge in [-0.15, -0.1) is 11.3 Å². The lowest BCUT2D eigenvalue weighted by Crippen LogP contribution is -2.27. The molecule has 3 rings (SSSR count). The fraction of sp³-hybridized carbons (Fsp3) is 0.211. The third-order valence-corrected chi connectivity index (χ3v) is 4.86. The van der Waals surface area contributed by atoms with Crippen molar-refractivity contribution in [1.82, 2.24) is 14.9 Å². The van der Waals surface area contributed by atoms with Gasteiger partial charge in [0.1, 0.15) is 5.15 Å². The van der Waals surface area contributed by atoms with E-state index in [1.807, 2.05) is 42.6 Å². The van der Waals surface area contributed by atoms with Gasteiger partial charge in [0.05, 0.1) is 17.1 Å². The lowest BCUT2D eigenvalue weighted by Gasteiger charge is -2.17. The van der Waals surface area contributed by atoms with Gasteiger partial charge in [0.2, 0.25) is 5.91 Å². The molecule has 0 aliphatic carbocycles. The summed E-state index contributed by atoms with van der Waals surface area (Å²) >= 11 is 7.42. The van der Waals surface area contributed by atoms with Crippen molar-refractivity contribution < 1.29 is 4.79 Å². The minimum absolute atomic E-state index is 0.0622. The van der Waals surface area contributed by atoms with Crippen molar-refractivity contribution >= 4 is 28.8 Å². The van der Waals surface area contributed by atoms with Gasteiger partial charge in [-0.25, -0.2) is 9.97 Å². The fourth-order valence-electron chi connectivity index (χ4n) is 2.46. The number of likely N-dealkylation sites (N-methyl/N-ethyl adjacent to an activating group) is 1. The summed E-state index contributed by atoms with van der Waals surface area (Å²) in [5, 5.41) is 3.55. The SMILES string of the molecule is Cc1nc(-c2ccc(CC(=O)N(C)Cc3ccc(Cl)nc3)cc2)cs1. The summed E-state index contributed by atoms with van der Waals surface area (Å²) in [6.07, 6.45) is 2.06. The van der Waals surface area contributed by atoms with Crippen molar-refractivity contribution in [3.8, 4) is 11.3 Å². The fourth-order valence-corrected chi connectivity index (χ4v) is 3.19. The molecule has 3 aromatic rings. The van der Waals surface area contributed by atoms with Gasteiger partial charge in [0.25, 0.3) is 0 Å². The van der Waals surface area contributed by atoms with Gasteiger partial charge in [0.15, 0.2) is 0 Å². The molecule has 0 aliphatic rings. The number of amides is 1. The van der Waals surface area contributed by atoms with Gasteiger partial charge in [-0.2, -0.15) is 0 Å². The van der Waals surface area contributed by atoms with E-state index in [0.29, 0.717) is 18.1 Å². The first-order valence-electron chi connectivity index (χ1n) is 7.87. The van der Waals surface area contributed by atoms with Crippen LogP contribution in [-0.4, -0.2) is 27.8 Å². The number of aromatic nitrogens is 2. The first-order valence-corrected chi connectivity index (χ1v) is 9.13. The third-order valence-electron chi connectivity index (χ3n) is 3.86. The van der Waals surface area contributed by atoms with E-state index in [-0.39, 0.29) is 5.91 Å². The van der Waals surface area contributed by atoms with Crippen molar-refractivity contribution in [3.63, 3.8) is 0 Å². The number of benzene rings is 1. The maximum absolute atomic E-state index is 12.4. The highest BCUT2D eigenvalue weighted by Gasteiger charge is 2.11. The number of aryl methyl sites for hydroxylation is 1. The number of nitrogens with zero attached hydrogens (tertiary/aromatic N) is 3. The van der Waals surface area contributed by atoms with Crippen molar-refractivity contribution in [2.75, 3.05) is 7.05 Å². The molecule has 0 atom stereocenters. The van der Waals surface area contributed by atoms with Crippen molar-refractivity contribution in [3.05, 3.63) is 69.3 Å². The molecule has 2 heterocycles. The Morgan fingerprint density at radius 2 is 1.88 bits per heavy atom. The smallest absolute Gasteiger partial charge is 0.227 e. The van der Waals surface area contributed by atoms with Crippen LogP contribution in [0.2, 0.25) is 5.15 Å². The monoisotopic (exact) mass is 371 g/mol. The lowest BCUT2D eigenvalue weighted by molar-refractivity contribution is -0.129. The Labute approximate surface area is 156 Å². The van der Waals surface area contributed by atoms with Crippen LogP contribution >= 0.6 is 22.9 Å². The third kappa shape index (κ3) is 4.65. The maximum Gasteiger partial charge on any atom is 0.227 e. The highest BCUT2D eigenvalue weighted by Crippen LogP contribution is 2.22. The highest BCUT2D eigenvalue weighted by atomic mass is 35.5. The van der Waals surface area contributed by atoms with E-state index in [0.717, 1.165) is 27.4 Å². The van der Waals surface area contributed by atoms with Gasteiger partial charge >= 0.3 is 0 Å². The number of pyridine rings is 1. The van der Waals surface area contributed by atoms with Crippen LogP contribution in [0.1, 0.15) is 16.1 Å². The number of hydrogen-bond acceptors (Lipinski definition) is 4. The molecule has 4 nitrogen and oxygen atoms in total. The van der Waals surface area contributed by atoms with Gasteiger partial charge in [-0.3, -0.25) is 4.79 Å². The summed E-state index contributed by atoms with van der Waals surface area (Å²) in [6.45, 7) is 2.51. The van der Waals surface area contributed by atoms with Crippen LogP contribution in [-0.2, 0) is 17.8 Å².